The maximum absolute atomic E-state index is 13.1. The van der Waals surface area contributed by atoms with E-state index in [-0.39, 0.29) is 22.8 Å². The molecular weight excluding hydrogens is 422 g/mol. The second-order valence-electron chi connectivity index (χ2n) is 8.96. The smallest absolute Gasteiger partial charge is 0.261 e. The molecule has 1 N–H and O–H groups in total. The van der Waals surface area contributed by atoms with E-state index >= 15 is 0 Å². The van der Waals surface area contributed by atoms with Crippen molar-refractivity contribution in [1.82, 2.24) is 0 Å². The summed E-state index contributed by atoms with van der Waals surface area (Å²) in [5.74, 6) is 0.302. The van der Waals surface area contributed by atoms with Crippen LogP contribution in [0, 0.1) is 12.8 Å². The SMILES string of the molecule is CCN(CC)c1ccc(NS(=O)(=O)c2ccc3c(c2)CC(C)N3C(=O)C2CCC2)c(C)c1. The van der Waals surface area contributed by atoms with E-state index in [1.54, 1.807) is 18.2 Å². The molecule has 1 aliphatic carbocycles. The summed E-state index contributed by atoms with van der Waals surface area (Å²) in [5, 5.41) is 0. The fourth-order valence-electron chi connectivity index (χ4n) is 4.71. The number of carbonyl (C=O) groups excluding carboxylic acids is 1. The number of carbonyl (C=O) groups is 1. The number of nitrogens with one attached hydrogen (secondary N) is 1. The Morgan fingerprint density at radius 3 is 2.44 bits per heavy atom. The highest BCUT2D eigenvalue weighted by atomic mass is 32.2. The maximum Gasteiger partial charge on any atom is 0.261 e. The van der Waals surface area contributed by atoms with Gasteiger partial charge in [-0.25, -0.2) is 8.42 Å². The minimum Gasteiger partial charge on any atom is -0.372 e. The van der Waals surface area contributed by atoms with E-state index < -0.39 is 10.0 Å². The lowest BCUT2D eigenvalue weighted by Crippen LogP contribution is -2.42. The van der Waals surface area contributed by atoms with E-state index in [2.05, 4.69) is 23.5 Å². The molecule has 1 heterocycles. The third-order valence-corrected chi connectivity index (χ3v) is 8.21. The van der Waals surface area contributed by atoms with Crippen molar-refractivity contribution in [2.24, 2.45) is 5.92 Å². The zero-order chi connectivity index (χ0) is 23.0. The van der Waals surface area contributed by atoms with Crippen LogP contribution in [0.5, 0.6) is 0 Å². The van der Waals surface area contributed by atoms with Gasteiger partial charge in [0.15, 0.2) is 0 Å². The lowest BCUT2D eigenvalue weighted by Gasteiger charge is -2.32. The summed E-state index contributed by atoms with van der Waals surface area (Å²) in [6.07, 6.45) is 3.71. The number of rotatable bonds is 7. The van der Waals surface area contributed by atoms with Gasteiger partial charge in [0.1, 0.15) is 0 Å². The van der Waals surface area contributed by atoms with Crippen molar-refractivity contribution in [3.63, 3.8) is 0 Å². The van der Waals surface area contributed by atoms with Crippen LogP contribution in [0.3, 0.4) is 0 Å². The number of anilines is 3. The summed E-state index contributed by atoms with van der Waals surface area (Å²) in [6, 6.07) is 11.0. The molecule has 1 atom stereocenters. The van der Waals surface area contributed by atoms with Gasteiger partial charge in [0.25, 0.3) is 10.0 Å². The quantitative estimate of drug-likeness (QED) is 0.656. The maximum atomic E-state index is 13.1. The van der Waals surface area contributed by atoms with Gasteiger partial charge in [-0.15, -0.1) is 0 Å². The highest BCUT2D eigenvalue weighted by Gasteiger charge is 2.37. The van der Waals surface area contributed by atoms with Gasteiger partial charge in [-0.2, -0.15) is 0 Å². The Kier molecular flexibility index (Phi) is 6.21. The Morgan fingerprint density at radius 2 is 1.84 bits per heavy atom. The number of sulfonamides is 1. The van der Waals surface area contributed by atoms with E-state index in [4.69, 9.17) is 0 Å². The molecule has 1 fully saturated rings. The molecule has 32 heavy (non-hydrogen) atoms. The fraction of sp³-hybridized carbons (Fsp3) is 0.480. The van der Waals surface area contributed by atoms with Crippen LogP contribution in [0.4, 0.5) is 17.1 Å². The largest absolute Gasteiger partial charge is 0.372 e. The van der Waals surface area contributed by atoms with E-state index in [0.29, 0.717) is 12.1 Å². The Balaban J connectivity index is 1.57. The summed E-state index contributed by atoms with van der Waals surface area (Å²) in [4.78, 5) is 17.2. The number of fused-ring (bicyclic) bond motifs is 1. The number of nitrogens with zero attached hydrogens (tertiary/aromatic N) is 2. The van der Waals surface area contributed by atoms with Crippen LogP contribution < -0.4 is 14.5 Å². The first-order valence-electron chi connectivity index (χ1n) is 11.6. The monoisotopic (exact) mass is 455 g/mol. The molecule has 0 radical (unpaired) electrons. The molecule has 2 aromatic carbocycles. The van der Waals surface area contributed by atoms with Crippen molar-refractivity contribution in [1.29, 1.82) is 0 Å². The molecule has 1 aliphatic heterocycles. The van der Waals surface area contributed by atoms with Gasteiger partial charge in [0, 0.05) is 36.4 Å². The average Bonchev–Trinajstić information content (AvgIpc) is 3.04. The van der Waals surface area contributed by atoms with E-state index in [0.717, 1.165) is 54.9 Å². The summed E-state index contributed by atoms with van der Waals surface area (Å²) < 4.78 is 29.0. The third kappa shape index (κ3) is 4.10. The van der Waals surface area contributed by atoms with Crippen molar-refractivity contribution >= 4 is 33.0 Å². The second-order valence-corrected chi connectivity index (χ2v) is 10.6. The van der Waals surface area contributed by atoms with Gasteiger partial charge in [-0.05, 0) is 94.5 Å². The zero-order valence-electron chi connectivity index (χ0n) is 19.4. The number of aryl methyl sites for hydroxylation is 1. The van der Waals surface area contributed by atoms with E-state index in [9.17, 15) is 13.2 Å². The highest BCUT2D eigenvalue weighted by Crippen LogP contribution is 2.38. The first kappa shape index (κ1) is 22.6. The number of hydrogen-bond donors (Lipinski definition) is 1. The van der Waals surface area contributed by atoms with Gasteiger partial charge in [0.05, 0.1) is 10.6 Å². The predicted molar refractivity (Wildman–Crippen MR) is 130 cm³/mol. The number of hydrogen-bond acceptors (Lipinski definition) is 4. The molecule has 7 heteroatoms. The first-order chi connectivity index (χ1) is 15.2. The molecule has 2 aromatic rings. The molecule has 0 bridgehead atoms. The molecular formula is C25H33N3O3S. The van der Waals surface area contributed by atoms with Crippen LogP contribution >= 0.6 is 0 Å². The predicted octanol–water partition coefficient (Wildman–Crippen LogP) is 4.72. The Hall–Kier alpha value is -2.54. The fourth-order valence-corrected chi connectivity index (χ4v) is 5.89. The number of amides is 1. The van der Waals surface area contributed by atoms with Crippen molar-refractivity contribution in [2.75, 3.05) is 27.6 Å². The van der Waals surface area contributed by atoms with Crippen LogP contribution in [0.25, 0.3) is 0 Å². The number of benzene rings is 2. The topological polar surface area (TPSA) is 69.7 Å². The van der Waals surface area contributed by atoms with Crippen molar-refractivity contribution in [3.8, 4) is 0 Å². The molecule has 0 aromatic heterocycles. The van der Waals surface area contributed by atoms with Gasteiger partial charge in [0.2, 0.25) is 5.91 Å². The van der Waals surface area contributed by atoms with Gasteiger partial charge >= 0.3 is 0 Å². The Labute approximate surface area is 191 Å². The lowest BCUT2D eigenvalue weighted by atomic mass is 9.84. The minimum absolute atomic E-state index is 0.0545. The van der Waals surface area contributed by atoms with Gasteiger partial charge in [-0.1, -0.05) is 6.42 Å². The summed E-state index contributed by atoms with van der Waals surface area (Å²) in [5.41, 5.74) is 4.31. The molecule has 0 saturated heterocycles. The van der Waals surface area contributed by atoms with Crippen molar-refractivity contribution in [2.45, 2.75) is 64.3 Å². The van der Waals surface area contributed by atoms with Gasteiger partial charge < -0.3 is 9.80 Å². The second kappa shape index (κ2) is 8.77. The standard InChI is InChI=1S/C25H33N3O3S/c1-5-27(6-2)21-10-12-23(17(3)14-21)26-32(30,31)22-11-13-24-20(16-22)15-18(4)28(24)25(29)19-8-7-9-19/h10-14,16,18-19,26H,5-9,15H2,1-4H3. The van der Waals surface area contributed by atoms with Crippen molar-refractivity contribution in [3.05, 3.63) is 47.5 Å². The van der Waals surface area contributed by atoms with Crippen LogP contribution in [0.15, 0.2) is 41.3 Å². The third-order valence-electron chi connectivity index (χ3n) is 6.85. The summed E-state index contributed by atoms with van der Waals surface area (Å²) in [7, 11) is -3.73. The molecule has 1 amide bonds. The van der Waals surface area contributed by atoms with Crippen molar-refractivity contribution < 1.29 is 13.2 Å². The molecule has 172 valence electrons. The highest BCUT2D eigenvalue weighted by molar-refractivity contribution is 7.92. The minimum atomic E-state index is -3.73. The van der Waals surface area contributed by atoms with E-state index in [1.807, 2.05) is 36.9 Å². The zero-order valence-corrected chi connectivity index (χ0v) is 20.2. The molecule has 0 spiro atoms. The first-order valence-corrected chi connectivity index (χ1v) is 13.1. The Morgan fingerprint density at radius 1 is 1.12 bits per heavy atom. The lowest BCUT2D eigenvalue weighted by molar-refractivity contribution is -0.125. The Bertz CT molecular complexity index is 1120. The van der Waals surface area contributed by atoms with Gasteiger partial charge in [-0.3, -0.25) is 9.52 Å². The summed E-state index contributed by atoms with van der Waals surface area (Å²) >= 11 is 0. The molecule has 1 unspecified atom stereocenters. The average molecular weight is 456 g/mol. The summed E-state index contributed by atoms with van der Waals surface area (Å²) in [6.45, 7) is 9.95. The van der Waals surface area contributed by atoms with Crippen LogP contribution in [-0.4, -0.2) is 33.5 Å². The van der Waals surface area contributed by atoms with Crippen LogP contribution in [0.1, 0.15) is 51.2 Å². The molecule has 1 saturated carbocycles. The van der Waals surface area contributed by atoms with Crippen LogP contribution in [-0.2, 0) is 21.2 Å². The molecule has 6 nitrogen and oxygen atoms in total. The normalized spacial score (nSPS) is 18.2. The van der Waals surface area contributed by atoms with Crippen LogP contribution in [0.2, 0.25) is 0 Å². The van der Waals surface area contributed by atoms with E-state index in [1.165, 1.54) is 0 Å². The molecule has 4 rings (SSSR count). The molecule has 2 aliphatic rings.